The summed E-state index contributed by atoms with van der Waals surface area (Å²) in [5.74, 6) is -1.18. The van der Waals surface area contributed by atoms with E-state index in [1.807, 2.05) is 12.1 Å². The van der Waals surface area contributed by atoms with Gasteiger partial charge >= 0.3 is 11.9 Å². The largest absolute Gasteiger partial charge is 0.466 e. The molecule has 0 amide bonds. The molecule has 1 atom stereocenters. The van der Waals surface area contributed by atoms with Crippen molar-refractivity contribution in [3.05, 3.63) is 80.9 Å². The Hall–Kier alpha value is -2.88. The third-order valence-electron chi connectivity index (χ3n) is 7.12. The summed E-state index contributed by atoms with van der Waals surface area (Å²) in [6.45, 7) is 15.4. The number of esters is 2. The van der Waals surface area contributed by atoms with Crippen LogP contribution in [0.5, 0.6) is 0 Å². The zero-order chi connectivity index (χ0) is 26.1. The van der Waals surface area contributed by atoms with Crippen LogP contribution in [0.1, 0.15) is 77.1 Å². The van der Waals surface area contributed by atoms with Gasteiger partial charge in [0.2, 0.25) is 0 Å². The predicted molar refractivity (Wildman–Crippen MR) is 141 cm³/mol. The van der Waals surface area contributed by atoms with Gasteiger partial charge in [0.05, 0.1) is 25.4 Å². The third-order valence-corrected chi connectivity index (χ3v) is 7.12. The second kappa shape index (κ2) is 10.0. The summed E-state index contributed by atoms with van der Waals surface area (Å²) in [7, 11) is 2.74. The van der Waals surface area contributed by atoms with E-state index in [2.05, 4.69) is 72.7 Å². The number of carbonyl (C=O) groups is 2. The first kappa shape index (κ1) is 26.7. The molecular formula is C31H40O4-2. The van der Waals surface area contributed by atoms with Crippen molar-refractivity contribution in [2.45, 2.75) is 78.6 Å². The molecule has 35 heavy (non-hydrogen) atoms. The van der Waals surface area contributed by atoms with Crippen LogP contribution in [0.25, 0.3) is 0 Å². The van der Waals surface area contributed by atoms with Gasteiger partial charge in [-0.2, -0.15) is 40.5 Å². The highest BCUT2D eigenvalue weighted by atomic mass is 16.5. The van der Waals surface area contributed by atoms with E-state index in [1.54, 1.807) is 0 Å². The van der Waals surface area contributed by atoms with Crippen LogP contribution in [0.4, 0.5) is 0 Å². The fourth-order valence-electron chi connectivity index (χ4n) is 5.16. The van der Waals surface area contributed by atoms with Crippen LogP contribution in [0.2, 0.25) is 0 Å². The molecule has 2 aromatic rings. The van der Waals surface area contributed by atoms with E-state index in [0.717, 1.165) is 12.0 Å². The van der Waals surface area contributed by atoms with Gasteiger partial charge in [0.1, 0.15) is 0 Å². The lowest BCUT2D eigenvalue weighted by Gasteiger charge is -2.34. The van der Waals surface area contributed by atoms with Gasteiger partial charge in [-0.25, -0.2) is 27.8 Å². The van der Waals surface area contributed by atoms with Crippen LogP contribution in [-0.4, -0.2) is 26.2 Å². The predicted octanol–water partition coefficient (Wildman–Crippen LogP) is 6.48. The standard InChI is InChI=1S/C31H40O4/c1-19-14-25(28(32)34-8)27(29(33)35-9)24(23(19)15-20-12-10-11-13-20)17-21-16-22(30(2,3)4)18-26(21)31(5,6)7/h10-13,16,18,24H,14-15,17H2,1-9H3/q-2/t24-/m1/s1. The Morgan fingerprint density at radius 3 is 2.23 bits per heavy atom. The molecule has 0 N–H and O–H groups in total. The second-order valence-electron chi connectivity index (χ2n) is 11.8. The summed E-state index contributed by atoms with van der Waals surface area (Å²) >= 11 is 0. The first-order chi connectivity index (χ1) is 16.3. The number of rotatable bonds is 6. The topological polar surface area (TPSA) is 52.6 Å². The van der Waals surface area contributed by atoms with Gasteiger partial charge in [0, 0.05) is 12.3 Å². The maximum atomic E-state index is 13.2. The molecular weight excluding hydrogens is 436 g/mol. The molecule has 0 aliphatic heterocycles. The summed E-state index contributed by atoms with van der Waals surface area (Å²) in [6, 6.07) is 12.9. The highest BCUT2D eigenvalue weighted by molar-refractivity contribution is 6.02. The number of methoxy groups -OCH3 is 2. The van der Waals surface area contributed by atoms with Crippen molar-refractivity contribution in [2.24, 2.45) is 5.92 Å². The van der Waals surface area contributed by atoms with Crippen LogP contribution < -0.4 is 0 Å². The Labute approximate surface area is 210 Å². The smallest absolute Gasteiger partial charge is 0.334 e. The Morgan fingerprint density at radius 2 is 1.71 bits per heavy atom. The molecule has 190 valence electrons. The number of hydrogen-bond acceptors (Lipinski definition) is 4. The van der Waals surface area contributed by atoms with Crippen LogP contribution >= 0.6 is 0 Å². The van der Waals surface area contributed by atoms with Gasteiger partial charge < -0.3 is 9.47 Å². The van der Waals surface area contributed by atoms with E-state index >= 15 is 0 Å². The molecule has 2 aromatic carbocycles. The van der Waals surface area contributed by atoms with Gasteiger partial charge in [-0.15, -0.1) is 0 Å². The normalized spacial score (nSPS) is 17.1. The van der Waals surface area contributed by atoms with Gasteiger partial charge in [-0.05, 0) is 18.8 Å². The fourth-order valence-corrected chi connectivity index (χ4v) is 5.16. The van der Waals surface area contributed by atoms with Crippen LogP contribution in [0, 0.1) is 5.92 Å². The van der Waals surface area contributed by atoms with Crippen LogP contribution in [-0.2, 0) is 42.7 Å². The van der Waals surface area contributed by atoms with E-state index < -0.39 is 11.9 Å². The number of hydrogen-bond donors (Lipinski definition) is 0. The molecule has 0 heterocycles. The number of carbonyl (C=O) groups excluding carboxylic acids is 2. The van der Waals surface area contributed by atoms with Crippen LogP contribution in [0.15, 0.2) is 58.7 Å². The molecule has 0 saturated heterocycles. The van der Waals surface area contributed by atoms with E-state index in [9.17, 15) is 9.59 Å². The molecule has 4 heteroatoms. The monoisotopic (exact) mass is 476 g/mol. The SMILES string of the molecule is COC(=O)C1=C(C(=O)OC)[C@H](C[c-]2cc(C(C)(C)C)cc2C(C)(C)C)C(Cc2ccc[cH-]2)=C(C)C1. The van der Waals surface area contributed by atoms with E-state index in [4.69, 9.17) is 9.47 Å². The van der Waals surface area contributed by atoms with Gasteiger partial charge in [-0.3, -0.25) is 0 Å². The second-order valence-corrected chi connectivity index (χ2v) is 11.8. The Balaban J connectivity index is 2.22. The molecule has 0 spiro atoms. The molecule has 1 aliphatic rings. The van der Waals surface area contributed by atoms with Crippen molar-refractivity contribution in [3.63, 3.8) is 0 Å². The molecule has 0 radical (unpaired) electrons. The lowest BCUT2D eigenvalue weighted by atomic mass is 9.72. The average molecular weight is 477 g/mol. The molecule has 0 unspecified atom stereocenters. The van der Waals surface area contributed by atoms with Crippen molar-refractivity contribution in [1.29, 1.82) is 0 Å². The zero-order valence-electron chi connectivity index (χ0n) is 22.8. The fraction of sp³-hybridized carbons (Fsp3) is 0.484. The lowest BCUT2D eigenvalue weighted by molar-refractivity contribution is -0.140. The quantitative estimate of drug-likeness (QED) is 0.272. The maximum Gasteiger partial charge on any atom is 0.334 e. The minimum Gasteiger partial charge on any atom is -0.466 e. The van der Waals surface area contributed by atoms with Crippen molar-refractivity contribution in [1.82, 2.24) is 0 Å². The molecule has 0 aromatic heterocycles. The van der Waals surface area contributed by atoms with Crippen molar-refractivity contribution in [2.75, 3.05) is 14.2 Å². The van der Waals surface area contributed by atoms with Gasteiger partial charge in [0.25, 0.3) is 0 Å². The molecule has 3 rings (SSSR count). The number of ether oxygens (including phenoxy) is 2. The van der Waals surface area contributed by atoms with E-state index in [-0.39, 0.29) is 16.7 Å². The van der Waals surface area contributed by atoms with Crippen molar-refractivity contribution >= 4 is 11.9 Å². The number of allylic oxidation sites excluding steroid dienone is 2. The molecule has 0 fully saturated rings. The Bertz CT molecular complexity index is 1140. The summed E-state index contributed by atoms with van der Waals surface area (Å²) in [5, 5.41) is 0. The highest BCUT2D eigenvalue weighted by Crippen LogP contribution is 2.42. The van der Waals surface area contributed by atoms with Crippen LogP contribution in [0.3, 0.4) is 0 Å². The highest BCUT2D eigenvalue weighted by Gasteiger charge is 2.36. The maximum absolute atomic E-state index is 13.2. The minimum atomic E-state index is -0.462. The summed E-state index contributed by atoms with van der Waals surface area (Å²) in [5.41, 5.74) is 8.07. The molecule has 0 saturated carbocycles. The minimum absolute atomic E-state index is 0.00683. The Morgan fingerprint density at radius 1 is 1.06 bits per heavy atom. The first-order valence-corrected chi connectivity index (χ1v) is 12.4. The molecule has 1 aliphatic carbocycles. The summed E-state index contributed by atoms with van der Waals surface area (Å²) in [4.78, 5) is 26.0. The first-order valence-electron chi connectivity index (χ1n) is 12.4. The average Bonchev–Trinajstić information content (AvgIpc) is 3.44. The summed E-state index contributed by atoms with van der Waals surface area (Å²) in [6.07, 6.45) is 1.75. The summed E-state index contributed by atoms with van der Waals surface area (Å²) < 4.78 is 10.3. The van der Waals surface area contributed by atoms with E-state index in [1.165, 1.54) is 42.0 Å². The van der Waals surface area contributed by atoms with Gasteiger partial charge in [-0.1, -0.05) is 64.5 Å². The molecule has 4 nitrogen and oxygen atoms in total. The van der Waals surface area contributed by atoms with Crippen molar-refractivity contribution in [3.8, 4) is 0 Å². The molecule has 0 bridgehead atoms. The van der Waals surface area contributed by atoms with Gasteiger partial charge in [0.15, 0.2) is 0 Å². The zero-order valence-corrected chi connectivity index (χ0v) is 22.8. The lowest BCUT2D eigenvalue weighted by Crippen LogP contribution is -2.29. The van der Waals surface area contributed by atoms with E-state index in [0.29, 0.717) is 24.0 Å². The Kier molecular flexibility index (Phi) is 7.64. The third kappa shape index (κ3) is 5.69. The van der Waals surface area contributed by atoms with Crippen molar-refractivity contribution < 1.29 is 19.1 Å².